The Morgan fingerprint density at radius 2 is 1.12 bits per heavy atom. The summed E-state index contributed by atoms with van der Waals surface area (Å²) >= 11 is 0. The smallest absolute Gasteiger partial charge is 0.415 e. The Bertz CT molecular complexity index is 1560. The molecule has 0 aliphatic rings. The molecular weight excluding hydrogens is 650 g/mol. The molecule has 11 nitrogen and oxygen atoms in total. The van der Waals surface area contributed by atoms with Crippen LogP contribution in [0.4, 0.5) is 21.0 Å². The Kier molecular flexibility index (Phi) is 19.2. The zero-order chi connectivity index (χ0) is 33.1. The second kappa shape index (κ2) is 22.5. The molecule has 254 valence electrons. The molecule has 0 spiro atoms. The van der Waals surface area contributed by atoms with Crippen molar-refractivity contribution in [2.75, 3.05) is 37.1 Å². The molecule has 0 radical (unpaired) electrons. The molecule has 48 heavy (non-hydrogen) atoms. The first-order valence-corrected chi connectivity index (χ1v) is 14.2. The van der Waals surface area contributed by atoms with Crippen molar-refractivity contribution >= 4 is 49.6 Å². The Balaban J connectivity index is 0.000000462. The normalized spacial score (nSPS) is 10.1. The average molecular weight is 690 g/mol. The van der Waals surface area contributed by atoms with Crippen LogP contribution >= 0.6 is 19.8 Å². The number of methoxy groups -OCH3 is 2. The summed E-state index contributed by atoms with van der Waals surface area (Å²) in [5.74, 6) is 1.34. The molecule has 4 aromatic rings. The fourth-order valence-electron chi connectivity index (χ4n) is 4.00. The van der Waals surface area contributed by atoms with Crippen LogP contribution in [0.25, 0.3) is 0 Å². The number of rotatable bonds is 12. The number of ether oxygens (including phenoxy) is 4. The van der Waals surface area contributed by atoms with Crippen LogP contribution in [0, 0.1) is 11.3 Å². The van der Waals surface area contributed by atoms with E-state index in [1.165, 1.54) is 9.80 Å². The number of nitriles is 1. The predicted molar refractivity (Wildman–Crippen MR) is 192 cm³/mol. The van der Waals surface area contributed by atoms with E-state index in [0.717, 1.165) is 11.1 Å². The van der Waals surface area contributed by atoms with Crippen LogP contribution in [-0.4, -0.2) is 51.8 Å². The van der Waals surface area contributed by atoms with Crippen LogP contribution in [-0.2, 0) is 27.5 Å². The monoisotopic (exact) mass is 689 g/mol. The van der Waals surface area contributed by atoms with Gasteiger partial charge in [0.05, 0.1) is 33.4 Å². The number of carbonyl (C=O) groups is 3. The summed E-state index contributed by atoms with van der Waals surface area (Å²) in [5, 5.41) is 8.93. The van der Waals surface area contributed by atoms with Gasteiger partial charge >= 0.3 is 12.2 Å². The minimum Gasteiger partial charge on any atom is -1.51 e. The maximum absolute atomic E-state index is 12.4. The van der Waals surface area contributed by atoms with Gasteiger partial charge in [-0.1, -0.05) is 60.7 Å². The molecule has 2 N–H and O–H groups in total. The van der Waals surface area contributed by atoms with Crippen molar-refractivity contribution < 1.29 is 33.3 Å². The third kappa shape index (κ3) is 13.4. The van der Waals surface area contributed by atoms with Crippen molar-refractivity contribution in [2.24, 2.45) is 5.73 Å². The highest BCUT2D eigenvalue weighted by molar-refractivity contribution is 6.92. The number of hydrogen-bond acceptors (Lipinski definition) is 9. The fourth-order valence-corrected chi connectivity index (χ4v) is 4.00. The fraction of sp³-hybridized carbons (Fsp3) is 0.200. The van der Waals surface area contributed by atoms with Crippen LogP contribution in [0.15, 0.2) is 109 Å². The minimum absolute atomic E-state index is 0. The lowest BCUT2D eigenvalue weighted by Gasteiger charge is -2.23. The molecule has 0 saturated heterocycles. The zero-order valence-electron chi connectivity index (χ0n) is 26.7. The second-order valence-electron chi connectivity index (χ2n) is 9.60. The molecule has 0 aliphatic carbocycles. The highest BCUT2D eigenvalue weighted by atomic mass is 31.0. The van der Waals surface area contributed by atoms with Crippen molar-refractivity contribution in [2.45, 2.75) is 19.3 Å². The highest BCUT2D eigenvalue weighted by Crippen LogP contribution is 2.21. The van der Waals surface area contributed by atoms with E-state index in [0.29, 0.717) is 29.2 Å². The van der Waals surface area contributed by atoms with Gasteiger partial charge < -0.3 is 49.3 Å². The molecule has 0 aromatic heterocycles. The Morgan fingerprint density at radius 3 is 1.50 bits per heavy atom. The lowest BCUT2D eigenvalue weighted by Crippen LogP contribution is -2.41. The van der Waals surface area contributed by atoms with Gasteiger partial charge in [-0.2, -0.15) is 5.26 Å². The van der Waals surface area contributed by atoms with E-state index in [1.807, 2.05) is 66.7 Å². The molecule has 0 saturated carbocycles. The lowest BCUT2D eigenvalue weighted by atomic mass is 10.2. The molecule has 0 bridgehead atoms. The first kappa shape index (κ1) is 41.0. The van der Waals surface area contributed by atoms with Crippen LogP contribution in [0.1, 0.15) is 11.1 Å². The Labute approximate surface area is 287 Å². The molecule has 4 aromatic carbocycles. The van der Waals surface area contributed by atoms with Gasteiger partial charge in [0, 0.05) is 11.4 Å². The number of hydrogen-bond donors (Lipinski definition) is 1. The van der Waals surface area contributed by atoms with E-state index in [2.05, 4.69) is 0 Å². The molecule has 13 heteroatoms. The first-order chi connectivity index (χ1) is 22.4. The summed E-state index contributed by atoms with van der Waals surface area (Å²) < 4.78 is 20.8. The number of nitrogens with zero attached hydrogens (tertiary/aromatic N) is 3. The largest absolute Gasteiger partial charge is 1.51 e. The van der Waals surface area contributed by atoms with Gasteiger partial charge in [0.2, 0.25) is 0 Å². The maximum atomic E-state index is 12.4. The van der Waals surface area contributed by atoms with Gasteiger partial charge in [-0.05, 0) is 59.7 Å². The molecule has 0 fully saturated rings. The van der Waals surface area contributed by atoms with Crippen LogP contribution in [0.3, 0.4) is 0 Å². The van der Waals surface area contributed by atoms with Crippen LogP contribution in [0.2, 0.25) is 0 Å². The third-order valence-electron chi connectivity index (χ3n) is 6.42. The number of nitrogens with two attached hydrogens (primary N) is 1. The van der Waals surface area contributed by atoms with Gasteiger partial charge in [0.1, 0.15) is 37.0 Å². The molecule has 1 atom stereocenters. The molecule has 0 aliphatic heterocycles. The molecule has 2 amide bonds. The standard InChI is InChI=1S/C18H19N3O3.C17H17NO4.H2P.HP/c1-23-17-9-7-16(8-10-17)21(12-15(20)11-19)18(22)24-13-14-5-3-2-4-6-14;1-21-16-9-7-15(8-10-16)18(11-12-19)17(20)22-13-14-5-3-2-4-6-14;;/h2-10,15H,12-13,20H2,1H3;2-10,12H,11,13H2,1H3;1H2;1H/q;;-1;-2. The van der Waals surface area contributed by atoms with Crippen molar-refractivity contribution in [3.05, 3.63) is 120 Å². The van der Waals surface area contributed by atoms with E-state index >= 15 is 0 Å². The maximum Gasteiger partial charge on any atom is 0.415 e. The van der Waals surface area contributed by atoms with Crippen LogP contribution in [0.5, 0.6) is 11.5 Å². The highest BCUT2D eigenvalue weighted by Gasteiger charge is 2.21. The van der Waals surface area contributed by atoms with Crippen molar-refractivity contribution in [1.29, 1.82) is 5.26 Å². The van der Waals surface area contributed by atoms with E-state index in [9.17, 15) is 14.4 Å². The quantitative estimate of drug-likeness (QED) is 0.128. The van der Waals surface area contributed by atoms with Gasteiger partial charge in [0.25, 0.3) is 0 Å². The zero-order valence-corrected chi connectivity index (χ0v) is 28.9. The van der Waals surface area contributed by atoms with Crippen molar-refractivity contribution in [3.63, 3.8) is 0 Å². The molecule has 4 rings (SSSR count). The lowest BCUT2D eigenvalue weighted by molar-refractivity contribution is -0.106. The molecule has 1 unspecified atom stereocenters. The summed E-state index contributed by atoms with van der Waals surface area (Å²) in [5.41, 5.74) is 8.60. The van der Waals surface area contributed by atoms with E-state index in [-0.39, 0.29) is 46.1 Å². The first-order valence-electron chi connectivity index (χ1n) is 14.2. The topological polar surface area (TPSA) is 144 Å². The van der Waals surface area contributed by atoms with E-state index in [4.69, 9.17) is 29.9 Å². The van der Waals surface area contributed by atoms with Crippen LogP contribution < -0.4 is 25.0 Å². The summed E-state index contributed by atoms with van der Waals surface area (Å²) in [6, 6.07) is 33.6. The Hall–Kier alpha value is -5.00. The van der Waals surface area contributed by atoms with Gasteiger partial charge in [-0.3, -0.25) is 9.80 Å². The molecule has 0 heterocycles. The van der Waals surface area contributed by atoms with Crippen molar-refractivity contribution in [1.82, 2.24) is 0 Å². The third-order valence-corrected chi connectivity index (χ3v) is 6.42. The summed E-state index contributed by atoms with van der Waals surface area (Å²) in [4.78, 5) is 38.0. The average Bonchev–Trinajstić information content (AvgIpc) is 3.12. The second-order valence-corrected chi connectivity index (χ2v) is 9.60. The Morgan fingerprint density at radius 1 is 0.729 bits per heavy atom. The summed E-state index contributed by atoms with van der Waals surface area (Å²) in [6.07, 6.45) is -0.468. The molecular formula is C35H39N4O7P2-3. The van der Waals surface area contributed by atoms with Gasteiger partial charge in [-0.15, -0.1) is 0 Å². The number of carbonyl (C=O) groups excluding carboxylic acids is 3. The van der Waals surface area contributed by atoms with Gasteiger partial charge in [0.15, 0.2) is 0 Å². The minimum atomic E-state index is -0.809. The number of benzene rings is 4. The summed E-state index contributed by atoms with van der Waals surface area (Å²) in [7, 11) is 3.12. The van der Waals surface area contributed by atoms with Gasteiger partial charge in [-0.25, -0.2) is 9.59 Å². The SMILES string of the molecule is COc1ccc(N(CC(N)C#N)C(=O)OCc2ccccc2)cc1.COc1ccc(N(CC=O)C(=O)OCc2ccccc2)cc1.[PH-2].[PH2-]. The number of anilines is 2. The number of aldehydes is 1. The van der Waals surface area contributed by atoms with E-state index < -0.39 is 18.2 Å². The number of amides is 2. The van der Waals surface area contributed by atoms with E-state index in [1.54, 1.807) is 62.8 Å². The predicted octanol–water partition coefficient (Wildman–Crippen LogP) is 6.65. The summed E-state index contributed by atoms with van der Waals surface area (Å²) in [6.45, 7) is 0.274. The van der Waals surface area contributed by atoms with Crippen molar-refractivity contribution in [3.8, 4) is 17.6 Å².